The van der Waals surface area contributed by atoms with Gasteiger partial charge >= 0.3 is 0 Å². The van der Waals surface area contributed by atoms with E-state index in [4.69, 9.17) is 5.10 Å². The first kappa shape index (κ1) is 13.6. The van der Waals surface area contributed by atoms with Crippen molar-refractivity contribution in [1.29, 1.82) is 0 Å². The van der Waals surface area contributed by atoms with Crippen LogP contribution in [0, 0.1) is 11.8 Å². The normalized spacial score (nSPS) is 23.1. The summed E-state index contributed by atoms with van der Waals surface area (Å²) >= 11 is 0. The van der Waals surface area contributed by atoms with Gasteiger partial charge in [0.25, 0.3) is 0 Å². The van der Waals surface area contributed by atoms with Crippen LogP contribution >= 0.6 is 0 Å². The minimum Gasteiger partial charge on any atom is -0.314 e. The molecule has 0 aliphatic heterocycles. The second-order valence-electron chi connectivity index (χ2n) is 6.02. The fourth-order valence-electron chi connectivity index (χ4n) is 3.35. The van der Waals surface area contributed by atoms with Crippen molar-refractivity contribution in [1.82, 2.24) is 15.1 Å². The van der Waals surface area contributed by atoms with E-state index in [0.29, 0.717) is 6.04 Å². The first-order valence-corrected chi connectivity index (χ1v) is 7.92. The van der Waals surface area contributed by atoms with Gasteiger partial charge in [0.15, 0.2) is 0 Å². The molecule has 1 aliphatic carbocycles. The van der Waals surface area contributed by atoms with Crippen molar-refractivity contribution in [2.75, 3.05) is 6.54 Å². The molecule has 3 unspecified atom stereocenters. The summed E-state index contributed by atoms with van der Waals surface area (Å²) in [4.78, 5) is 0. The first-order valence-electron chi connectivity index (χ1n) is 7.92. The quantitative estimate of drug-likeness (QED) is 0.874. The molecule has 0 spiro atoms. The van der Waals surface area contributed by atoms with Crippen LogP contribution in [0.15, 0.2) is 24.3 Å². The molecule has 3 atom stereocenters. The van der Waals surface area contributed by atoms with Crippen LogP contribution < -0.4 is 5.32 Å². The number of rotatable bonds is 6. The molecule has 0 radical (unpaired) electrons. The summed E-state index contributed by atoms with van der Waals surface area (Å²) in [6, 6.07) is 9.19. The summed E-state index contributed by atoms with van der Waals surface area (Å²) in [5, 5.41) is 9.83. The Hall–Kier alpha value is -1.35. The van der Waals surface area contributed by atoms with Gasteiger partial charge in [0.2, 0.25) is 0 Å². The fraction of sp³-hybridized carbons (Fsp3) is 0.588. The highest BCUT2D eigenvalue weighted by atomic mass is 15.3. The third-order valence-electron chi connectivity index (χ3n) is 4.60. The lowest BCUT2D eigenvalue weighted by Gasteiger charge is -2.16. The minimum absolute atomic E-state index is 0.582. The van der Waals surface area contributed by atoms with E-state index in [-0.39, 0.29) is 0 Å². The molecule has 0 saturated heterocycles. The van der Waals surface area contributed by atoms with Crippen molar-refractivity contribution in [2.45, 2.75) is 46.2 Å². The molecule has 1 aliphatic rings. The molecule has 1 fully saturated rings. The number of aromatic nitrogens is 2. The van der Waals surface area contributed by atoms with E-state index in [1.165, 1.54) is 23.0 Å². The van der Waals surface area contributed by atoms with Crippen molar-refractivity contribution in [3.63, 3.8) is 0 Å². The van der Waals surface area contributed by atoms with Crippen molar-refractivity contribution in [2.24, 2.45) is 11.8 Å². The standard InChI is InChI=1S/C17H25N3/c1-4-18-15(14-10-12(14)3)11-16-13-8-6-7-9-17(13)20(5-2)19-16/h6-9,12,14-15,18H,4-5,10-11H2,1-3H3. The zero-order chi connectivity index (χ0) is 14.1. The number of likely N-dealkylation sites (N-methyl/N-ethyl adjacent to an activating group) is 1. The zero-order valence-corrected chi connectivity index (χ0v) is 12.8. The van der Waals surface area contributed by atoms with Crippen molar-refractivity contribution >= 4 is 10.9 Å². The van der Waals surface area contributed by atoms with Crippen LogP contribution in [0.3, 0.4) is 0 Å². The molecule has 1 aromatic carbocycles. The highest BCUT2D eigenvalue weighted by Gasteiger charge is 2.39. The van der Waals surface area contributed by atoms with Gasteiger partial charge in [-0.25, -0.2) is 0 Å². The number of fused-ring (bicyclic) bond motifs is 1. The Balaban J connectivity index is 1.89. The van der Waals surface area contributed by atoms with E-state index in [1.807, 2.05) is 0 Å². The maximum Gasteiger partial charge on any atom is 0.0718 e. The van der Waals surface area contributed by atoms with Gasteiger partial charge in [-0.15, -0.1) is 0 Å². The Morgan fingerprint density at radius 2 is 2.10 bits per heavy atom. The summed E-state index contributed by atoms with van der Waals surface area (Å²) in [7, 11) is 0. The number of benzene rings is 1. The van der Waals surface area contributed by atoms with Crippen LogP contribution in [-0.2, 0) is 13.0 Å². The molecular formula is C17H25N3. The number of aryl methyl sites for hydroxylation is 1. The molecule has 1 N–H and O–H groups in total. The van der Waals surface area contributed by atoms with Crippen LogP contribution in [0.1, 0.15) is 32.9 Å². The zero-order valence-electron chi connectivity index (χ0n) is 12.8. The molecule has 3 nitrogen and oxygen atoms in total. The largest absolute Gasteiger partial charge is 0.314 e. The molecule has 2 aromatic rings. The maximum atomic E-state index is 4.84. The van der Waals surface area contributed by atoms with E-state index in [0.717, 1.165) is 31.3 Å². The molecule has 0 bridgehead atoms. The maximum absolute atomic E-state index is 4.84. The van der Waals surface area contributed by atoms with Crippen molar-refractivity contribution in [3.8, 4) is 0 Å². The van der Waals surface area contributed by atoms with Gasteiger partial charge in [-0.2, -0.15) is 5.10 Å². The molecule has 20 heavy (non-hydrogen) atoms. The number of hydrogen-bond acceptors (Lipinski definition) is 2. The Labute approximate surface area is 121 Å². The molecular weight excluding hydrogens is 246 g/mol. The average molecular weight is 271 g/mol. The summed E-state index contributed by atoms with van der Waals surface area (Å²) in [5.41, 5.74) is 2.52. The van der Waals surface area contributed by atoms with Crippen molar-refractivity contribution in [3.05, 3.63) is 30.0 Å². The summed E-state index contributed by atoms with van der Waals surface area (Å²) in [6.07, 6.45) is 2.42. The summed E-state index contributed by atoms with van der Waals surface area (Å²) in [5.74, 6) is 1.71. The predicted molar refractivity (Wildman–Crippen MR) is 83.8 cm³/mol. The van der Waals surface area contributed by atoms with Gasteiger partial charge in [0, 0.05) is 24.4 Å². The molecule has 1 saturated carbocycles. The van der Waals surface area contributed by atoms with Crippen LogP contribution in [-0.4, -0.2) is 22.4 Å². The first-order chi connectivity index (χ1) is 9.74. The predicted octanol–water partition coefficient (Wildman–Crippen LogP) is 3.23. The monoisotopic (exact) mass is 271 g/mol. The molecule has 1 aromatic heterocycles. The summed E-state index contributed by atoms with van der Waals surface area (Å²) < 4.78 is 2.13. The van der Waals surface area contributed by atoms with Crippen LogP contribution in [0.5, 0.6) is 0 Å². The third kappa shape index (κ3) is 2.47. The number of nitrogens with one attached hydrogen (secondary N) is 1. The van der Waals surface area contributed by atoms with E-state index in [2.05, 4.69) is 55.0 Å². The lowest BCUT2D eigenvalue weighted by Crippen LogP contribution is -2.33. The number of para-hydroxylation sites is 1. The molecule has 3 heteroatoms. The molecule has 108 valence electrons. The second kappa shape index (κ2) is 5.57. The van der Waals surface area contributed by atoms with Gasteiger partial charge in [0.05, 0.1) is 11.2 Å². The topological polar surface area (TPSA) is 29.9 Å². The minimum atomic E-state index is 0.582. The Morgan fingerprint density at radius 3 is 2.75 bits per heavy atom. The van der Waals surface area contributed by atoms with E-state index in [1.54, 1.807) is 0 Å². The SMILES string of the molecule is CCNC(Cc1nn(CC)c2ccccc12)C1CC1C. The Morgan fingerprint density at radius 1 is 1.35 bits per heavy atom. The fourth-order valence-corrected chi connectivity index (χ4v) is 3.35. The third-order valence-corrected chi connectivity index (χ3v) is 4.60. The number of hydrogen-bond donors (Lipinski definition) is 1. The smallest absolute Gasteiger partial charge is 0.0718 e. The Kier molecular flexibility index (Phi) is 3.79. The second-order valence-corrected chi connectivity index (χ2v) is 6.02. The highest BCUT2D eigenvalue weighted by Crippen LogP contribution is 2.41. The number of nitrogens with zero attached hydrogens (tertiary/aromatic N) is 2. The lowest BCUT2D eigenvalue weighted by molar-refractivity contribution is 0.449. The van der Waals surface area contributed by atoms with E-state index >= 15 is 0 Å². The van der Waals surface area contributed by atoms with Gasteiger partial charge in [-0.05, 0) is 37.8 Å². The van der Waals surface area contributed by atoms with Crippen molar-refractivity contribution < 1.29 is 0 Å². The lowest BCUT2D eigenvalue weighted by atomic mass is 10.0. The Bertz CT molecular complexity index is 587. The average Bonchev–Trinajstić information content (AvgIpc) is 3.09. The van der Waals surface area contributed by atoms with Gasteiger partial charge in [-0.1, -0.05) is 32.0 Å². The molecule has 3 rings (SSSR count). The van der Waals surface area contributed by atoms with Gasteiger partial charge in [0.1, 0.15) is 0 Å². The van der Waals surface area contributed by atoms with Crippen LogP contribution in [0.2, 0.25) is 0 Å². The highest BCUT2D eigenvalue weighted by molar-refractivity contribution is 5.82. The van der Waals surface area contributed by atoms with Crippen LogP contribution in [0.4, 0.5) is 0 Å². The molecule has 0 amide bonds. The van der Waals surface area contributed by atoms with Crippen LogP contribution in [0.25, 0.3) is 10.9 Å². The van der Waals surface area contributed by atoms with E-state index in [9.17, 15) is 0 Å². The van der Waals surface area contributed by atoms with Gasteiger partial charge < -0.3 is 5.32 Å². The molecule has 1 heterocycles. The van der Waals surface area contributed by atoms with Gasteiger partial charge in [-0.3, -0.25) is 4.68 Å². The summed E-state index contributed by atoms with van der Waals surface area (Å²) in [6.45, 7) is 8.70. The van der Waals surface area contributed by atoms with E-state index < -0.39 is 0 Å².